The van der Waals surface area contributed by atoms with Crippen molar-refractivity contribution in [3.05, 3.63) is 72.8 Å². The van der Waals surface area contributed by atoms with Crippen LogP contribution in [-0.2, 0) is 4.74 Å². The van der Waals surface area contributed by atoms with Crippen molar-refractivity contribution in [3.8, 4) is 0 Å². The molecular formula is C23H30OSi. The second-order valence-corrected chi connectivity index (χ2v) is 13.2. The molecule has 0 saturated carbocycles. The summed E-state index contributed by atoms with van der Waals surface area (Å²) < 4.78 is 6.22. The highest BCUT2D eigenvalue weighted by Crippen LogP contribution is 2.41. The average Bonchev–Trinajstić information content (AvgIpc) is 2.60. The first-order valence-corrected chi connectivity index (χ1v) is 11.5. The smallest absolute Gasteiger partial charge is 0.125 e. The summed E-state index contributed by atoms with van der Waals surface area (Å²) in [7, 11) is -2.03. The predicted octanol–water partition coefficient (Wildman–Crippen LogP) is 4.78. The van der Waals surface area contributed by atoms with E-state index in [4.69, 9.17) is 4.74 Å². The SMILES string of the molecule is C=C1CCOC(C[Si](c2ccccc2)(c2ccccc2)C(C)(C)C)C1. The van der Waals surface area contributed by atoms with Gasteiger partial charge in [0, 0.05) is 0 Å². The number of rotatable bonds is 4. The highest BCUT2D eigenvalue weighted by atomic mass is 28.3. The first-order chi connectivity index (χ1) is 11.9. The third-order valence-electron chi connectivity index (χ3n) is 5.67. The Hall–Kier alpha value is -1.64. The summed E-state index contributed by atoms with van der Waals surface area (Å²) in [6, 6.07) is 23.4. The van der Waals surface area contributed by atoms with Gasteiger partial charge in [-0.3, -0.25) is 0 Å². The van der Waals surface area contributed by atoms with Crippen molar-refractivity contribution in [1.82, 2.24) is 0 Å². The molecule has 2 aromatic carbocycles. The van der Waals surface area contributed by atoms with E-state index in [-0.39, 0.29) is 11.1 Å². The lowest BCUT2D eigenvalue weighted by atomic mass is 10.1. The highest BCUT2D eigenvalue weighted by Gasteiger charge is 2.49. The second-order valence-electron chi connectivity index (χ2n) is 8.29. The molecule has 1 nitrogen and oxygen atoms in total. The summed E-state index contributed by atoms with van der Waals surface area (Å²) in [6.45, 7) is 12.3. The fourth-order valence-corrected chi connectivity index (χ4v) is 9.96. The van der Waals surface area contributed by atoms with Crippen LogP contribution in [0.15, 0.2) is 72.8 Å². The number of hydrogen-bond donors (Lipinski definition) is 0. The molecular weight excluding hydrogens is 320 g/mol. The molecule has 1 atom stereocenters. The molecule has 0 N–H and O–H groups in total. The lowest BCUT2D eigenvalue weighted by Gasteiger charge is -2.46. The quantitative estimate of drug-likeness (QED) is 0.569. The molecule has 1 saturated heterocycles. The Labute approximate surface area is 153 Å². The lowest BCUT2D eigenvalue weighted by Crippen LogP contribution is -2.65. The van der Waals surface area contributed by atoms with Gasteiger partial charge in [0.25, 0.3) is 0 Å². The Bertz CT molecular complexity index is 660. The molecule has 0 aliphatic carbocycles. The highest BCUT2D eigenvalue weighted by molar-refractivity contribution is 7.04. The Morgan fingerprint density at radius 3 is 1.92 bits per heavy atom. The van der Waals surface area contributed by atoms with E-state index < -0.39 is 8.07 Å². The number of hydrogen-bond acceptors (Lipinski definition) is 1. The molecule has 25 heavy (non-hydrogen) atoms. The van der Waals surface area contributed by atoms with E-state index in [2.05, 4.69) is 88.0 Å². The zero-order valence-corrected chi connectivity index (χ0v) is 16.8. The van der Waals surface area contributed by atoms with E-state index in [9.17, 15) is 0 Å². The van der Waals surface area contributed by atoms with Gasteiger partial charge in [0.2, 0.25) is 0 Å². The van der Waals surface area contributed by atoms with Gasteiger partial charge in [0.05, 0.1) is 12.7 Å². The van der Waals surface area contributed by atoms with Gasteiger partial charge in [-0.05, 0) is 23.9 Å². The summed E-state index contributed by atoms with van der Waals surface area (Å²) in [5.74, 6) is 0. The van der Waals surface area contributed by atoms with Crippen molar-refractivity contribution in [2.75, 3.05) is 6.61 Å². The van der Waals surface area contributed by atoms with Crippen LogP contribution in [0.4, 0.5) is 0 Å². The summed E-state index contributed by atoms with van der Waals surface area (Å²) in [6.07, 6.45) is 2.30. The Morgan fingerprint density at radius 1 is 0.960 bits per heavy atom. The molecule has 2 aromatic rings. The Morgan fingerprint density at radius 2 is 1.48 bits per heavy atom. The lowest BCUT2D eigenvalue weighted by molar-refractivity contribution is 0.0478. The Kier molecular flexibility index (Phi) is 5.31. The van der Waals surface area contributed by atoms with Crippen LogP contribution in [0, 0.1) is 0 Å². The third kappa shape index (κ3) is 3.65. The van der Waals surface area contributed by atoms with Crippen LogP contribution in [0.3, 0.4) is 0 Å². The van der Waals surface area contributed by atoms with Crippen molar-refractivity contribution in [2.24, 2.45) is 0 Å². The van der Waals surface area contributed by atoms with Gasteiger partial charge < -0.3 is 4.74 Å². The van der Waals surface area contributed by atoms with E-state index in [1.807, 2.05) is 0 Å². The minimum Gasteiger partial charge on any atom is -0.378 e. The third-order valence-corrected chi connectivity index (χ3v) is 11.9. The van der Waals surface area contributed by atoms with Crippen LogP contribution in [0.5, 0.6) is 0 Å². The van der Waals surface area contributed by atoms with Crippen molar-refractivity contribution in [2.45, 2.75) is 50.8 Å². The molecule has 0 aromatic heterocycles. The fourth-order valence-electron chi connectivity index (χ4n) is 4.35. The largest absolute Gasteiger partial charge is 0.378 e. The van der Waals surface area contributed by atoms with Gasteiger partial charge in [-0.2, -0.15) is 0 Å². The van der Waals surface area contributed by atoms with E-state index in [1.54, 1.807) is 0 Å². The maximum absolute atomic E-state index is 6.22. The zero-order valence-electron chi connectivity index (χ0n) is 15.8. The predicted molar refractivity (Wildman–Crippen MR) is 111 cm³/mol. The molecule has 1 fully saturated rings. The molecule has 3 rings (SSSR count). The standard InChI is InChI=1S/C23H30OSi/c1-19-15-16-24-20(17-19)18-25(23(2,3)4,21-11-7-5-8-12-21)22-13-9-6-10-14-22/h5-14,20H,1,15-18H2,2-4H3. The van der Waals surface area contributed by atoms with Gasteiger partial charge in [-0.1, -0.05) is 104 Å². The molecule has 0 bridgehead atoms. The summed E-state index contributed by atoms with van der Waals surface area (Å²) in [4.78, 5) is 0. The van der Waals surface area contributed by atoms with Crippen molar-refractivity contribution < 1.29 is 4.74 Å². The monoisotopic (exact) mass is 350 g/mol. The number of benzene rings is 2. The van der Waals surface area contributed by atoms with Gasteiger partial charge in [0.1, 0.15) is 8.07 Å². The topological polar surface area (TPSA) is 9.23 Å². The van der Waals surface area contributed by atoms with Crippen molar-refractivity contribution in [1.29, 1.82) is 0 Å². The van der Waals surface area contributed by atoms with Crippen LogP contribution >= 0.6 is 0 Å². The van der Waals surface area contributed by atoms with Gasteiger partial charge in [-0.25, -0.2) is 0 Å². The minimum atomic E-state index is -2.03. The zero-order chi connectivity index (χ0) is 17.9. The van der Waals surface area contributed by atoms with Crippen molar-refractivity contribution >= 4 is 18.4 Å². The fraction of sp³-hybridized carbons (Fsp3) is 0.391. The molecule has 1 aliphatic rings. The molecule has 1 aliphatic heterocycles. The summed E-state index contributed by atoms with van der Waals surface area (Å²) >= 11 is 0. The maximum atomic E-state index is 6.22. The molecule has 0 spiro atoms. The van der Waals surface area contributed by atoms with E-state index >= 15 is 0 Å². The second kappa shape index (κ2) is 7.31. The first-order valence-electron chi connectivity index (χ1n) is 9.33. The van der Waals surface area contributed by atoms with Crippen LogP contribution in [-0.4, -0.2) is 20.8 Å². The molecule has 1 heterocycles. The van der Waals surface area contributed by atoms with Crippen LogP contribution in [0.1, 0.15) is 33.6 Å². The van der Waals surface area contributed by atoms with Gasteiger partial charge in [-0.15, -0.1) is 0 Å². The first kappa shape index (κ1) is 18.2. The summed E-state index contributed by atoms with van der Waals surface area (Å²) in [5, 5.41) is 3.21. The average molecular weight is 351 g/mol. The maximum Gasteiger partial charge on any atom is 0.125 e. The normalized spacial score (nSPS) is 19.0. The molecule has 132 valence electrons. The molecule has 0 amide bonds. The van der Waals surface area contributed by atoms with Gasteiger partial charge >= 0.3 is 0 Å². The van der Waals surface area contributed by atoms with E-state index in [0.717, 1.165) is 25.5 Å². The van der Waals surface area contributed by atoms with E-state index in [1.165, 1.54) is 15.9 Å². The van der Waals surface area contributed by atoms with Crippen LogP contribution in [0.2, 0.25) is 11.1 Å². The van der Waals surface area contributed by atoms with Crippen LogP contribution < -0.4 is 10.4 Å². The molecule has 2 heteroatoms. The van der Waals surface area contributed by atoms with Crippen LogP contribution in [0.25, 0.3) is 0 Å². The Balaban J connectivity index is 2.13. The summed E-state index contributed by atoms with van der Waals surface area (Å²) in [5.41, 5.74) is 1.34. The molecule has 1 unspecified atom stereocenters. The number of ether oxygens (including phenoxy) is 1. The van der Waals surface area contributed by atoms with Crippen molar-refractivity contribution in [3.63, 3.8) is 0 Å². The molecule has 0 radical (unpaired) electrons. The minimum absolute atomic E-state index is 0.192. The van der Waals surface area contributed by atoms with Gasteiger partial charge in [0.15, 0.2) is 0 Å². The van der Waals surface area contributed by atoms with E-state index in [0.29, 0.717) is 0 Å².